The first-order valence-corrected chi connectivity index (χ1v) is 7.24. The molecule has 0 bridgehead atoms. The van der Waals surface area contributed by atoms with Gasteiger partial charge in [-0.2, -0.15) is 0 Å². The van der Waals surface area contributed by atoms with Crippen molar-refractivity contribution in [3.63, 3.8) is 0 Å². The highest BCUT2D eigenvalue weighted by Gasteiger charge is 2.35. The number of rotatable bonds is 3. The first kappa shape index (κ1) is 13.1. The van der Waals surface area contributed by atoms with Crippen molar-refractivity contribution in [1.82, 2.24) is 9.88 Å². The van der Waals surface area contributed by atoms with E-state index in [2.05, 4.69) is 10.3 Å². The lowest BCUT2D eigenvalue weighted by molar-refractivity contribution is -0.135. The Kier molecular flexibility index (Phi) is 3.67. The molecule has 2 amide bonds. The zero-order chi connectivity index (χ0) is 13.9. The van der Waals surface area contributed by atoms with E-state index in [1.165, 1.54) is 0 Å². The topological polar surface area (TPSA) is 62.3 Å². The van der Waals surface area contributed by atoms with Crippen LogP contribution in [0.15, 0.2) is 24.5 Å². The van der Waals surface area contributed by atoms with Crippen LogP contribution in [0.1, 0.15) is 25.7 Å². The van der Waals surface area contributed by atoms with E-state index in [1.807, 2.05) is 11.0 Å². The zero-order valence-corrected chi connectivity index (χ0v) is 11.4. The molecule has 20 heavy (non-hydrogen) atoms. The van der Waals surface area contributed by atoms with Crippen LogP contribution < -0.4 is 5.32 Å². The Labute approximate surface area is 118 Å². The van der Waals surface area contributed by atoms with Gasteiger partial charge in [-0.05, 0) is 37.8 Å². The lowest BCUT2D eigenvalue weighted by Crippen LogP contribution is -2.42. The van der Waals surface area contributed by atoms with Gasteiger partial charge in [0.15, 0.2) is 0 Å². The summed E-state index contributed by atoms with van der Waals surface area (Å²) in [6.07, 6.45) is 6.91. The number of carbonyl (C=O) groups excluding carboxylic acids is 2. The van der Waals surface area contributed by atoms with Gasteiger partial charge in [0.25, 0.3) is 0 Å². The van der Waals surface area contributed by atoms with Crippen LogP contribution in [0.5, 0.6) is 0 Å². The smallest absolute Gasteiger partial charge is 0.227 e. The molecule has 0 spiro atoms. The lowest BCUT2D eigenvalue weighted by Gasteiger charge is -2.31. The molecule has 1 aliphatic carbocycles. The molecule has 2 aliphatic rings. The maximum absolute atomic E-state index is 12.1. The average Bonchev–Trinajstić information content (AvgIpc) is 3.32. The summed E-state index contributed by atoms with van der Waals surface area (Å²) in [4.78, 5) is 30.0. The largest absolute Gasteiger partial charge is 0.342 e. The van der Waals surface area contributed by atoms with E-state index >= 15 is 0 Å². The molecule has 1 aromatic rings. The van der Waals surface area contributed by atoms with Crippen molar-refractivity contribution in [1.29, 1.82) is 0 Å². The molecular formula is C15H19N3O2. The molecule has 2 fully saturated rings. The van der Waals surface area contributed by atoms with Gasteiger partial charge in [-0.15, -0.1) is 0 Å². The molecule has 2 heterocycles. The number of likely N-dealkylation sites (tertiary alicyclic amines) is 1. The van der Waals surface area contributed by atoms with E-state index in [9.17, 15) is 9.59 Å². The molecule has 1 N–H and O–H groups in total. The number of nitrogens with one attached hydrogen (secondary N) is 1. The summed E-state index contributed by atoms with van der Waals surface area (Å²) in [6, 6.07) is 3.63. The Hall–Kier alpha value is -1.91. The SMILES string of the molecule is O=C(Nc1cccnc1)C1CCN(C(=O)C2CC2)CC1. The minimum absolute atomic E-state index is 0.00143. The summed E-state index contributed by atoms with van der Waals surface area (Å²) in [6.45, 7) is 1.42. The Morgan fingerprint density at radius 3 is 2.50 bits per heavy atom. The maximum atomic E-state index is 12.1. The van der Waals surface area contributed by atoms with Crippen molar-refractivity contribution in [2.24, 2.45) is 11.8 Å². The van der Waals surface area contributed by atoms with Crippen LogP contribution in [0.3, 0.4) is 0 Å². The minimum atomic E-state index is -0.00143. The second-order valence-corrected chi connectivity index (χ2v) is 5.60. The van der Waals surface area contributed by atoms with Gasteiger partial charge in [-0.3, -0.25) is 14.6 Å². The maximum Gasteiger partial charge on any atom is 0.227 e. The fourth-order valence-corrected chi connectivity index (χ4v) is 2.63. The van der Waals surface area contributed by atoms with Gasteiger partial charge >= 0.3 is 0 Å². The van der Waals surface area contributed by atoms with Crippen molar-refractivity contribution in [2.75, 3.05) is 18.4 Å². The third-order valence-electron chi connectivity index (χ3n) is 4.03. The second kappa shape index (κ2) is 5.61. The van der Waals surface area contributed by atoms with Gasteiger partial charge in [0.05, 0.1) is 11.9 Å². The first-order chi connectivity index (χ1) is 9.74. The molecule has 0 atom stereocenters. The lowest BCUT2D eigenvalue weighted by atomic mass is 9.95. The van der Waals surface area contributed by atoms with E-state index in [1.54, 1.807) is 18.5 Å². The van der Waals surface area contributed by atoms with Crippen LogP contribution in [0.4, 0.5) is 5.69 Å². The summed E-state index contributed by atoms with van der Waals surface area (Å²) in [5, 5.41) is 2.89. The molecule has 0 radical (unpaired) electrons. The molecule has 5 nitrogen and oxygen atoms in total. The number of carbonyl (C=O) groups is 2. The number of aromatic nitrogens is 1. The third-order valence-corrected chi connectivity index (χ3v) is 4.03. The molecule has 0 aromatic carbocycles. The number of hydrogen-bond donors (Lipinski definition) is 1. The van der Waals surface area contributed by atoms with Crippen LogP contribution in [0.2, 0.25) is 0 Å². The van der Waals surface area contributed by atoms with Crippen molar-refractivity contribution >= 4 is 17.5 Å². The molecule has 106 valence electrons. The summed E-state index contributed by atoms with van der Waals surface area (Å²) in [5.41, 5.74) is 0.731. The number of piperidine rings is 1. The van der Waals surface area contributed by atoms with Gasteiger partial charge in [-0.25, -0.2) is 0 Å². The van der Waals surface area contributed by atoms with E-state index in [-0.39, 0.29) is 23.7 Å². The van der Waals surface area contributed by atoms with E-state index in [0.29, 0.717) is 13.1 Å². The van der Waals surface area contributed by atoms with E-state index < -0.39 is 0 Å². The van der Waals surface area contributed by atoms with Gasteiger partial charge in [0.2, 0.25) is 11.8 Å². The van der Waals surface area contributed by atoms with Gasteiger partial charge in [-0.1, -0.05) is 0 Å². The van der Waals surface area contributed by atoms with Crippen LogP contribution in [0.25, 0.3) is 0 Å². The summed E-state index contributed by atoms with van der Waals surface area (Å²) >= 11 is 0. The van der Waals surface area contributed by atoms with Crippen molar-refractivity contribution in [3.05, 3.63) is 24.5 Å². The van der Waals surface area contributed by atoms with Gasteiger partial charge in [0.1, 0.15) is 0 Å². The monoisotopic (exact) mass is 273 g/mol. The number of pyridine rings is 1. The molecule has 1 aromatic heterocycles. The van der Waals surface area contributed by atoms with E-state index in [4.69, 9.17) is 0 Å². The average molecular weight is 273 g/mol. The fourth-order valence-electron chi connectivity index (χ4n) is 2.63. The van der Waals surface area contributed by atoms with Crippen LogP contribution in [-0.4, -0.2) is 34.8 Å². The third kappa shape index (κ3) is 2.98. The van der Waals surface area contributed by atoms with Crippen molar-refractivity contribution in [3.8, 4) is 0 Å². The molecule has 1 saturated carbocycles. The number of anilines is 1. The van der Waals surface area contributed by atoms with Crippen molar-refractivity contribution < 1.29 is 9.59 Å². The van der Waals surface area contributed by atoms with E-state index in [0.717, 1.165) is 31.4 Å². The molecular weight excluding hydrogens is 254 g/mol. The van der Waals surface area contributed by atoms with Gasteiger partial charge < -0.3 is 10.2 Å². The Morgan fingerprint density at radius 1 is 1.15 bits per heavy atom. The Morgan fingerprint density at radius 2 is 1.90 bits per heavy atom. The molecule has 0 unspecified atom stereocenters. The summed E-state index contributed by atoms with van der Waals surface area (Å²) in [5.74, 6) is 0.599. The second-order valence-electron chi connectivity index (χ2n) is 5.60. The zero-order valence-electron chi connectivity index (χ0n) is 11.4. The highest BCUT2D eigenvalue weighted by molar-refractivity contribution is 5.92. The first-order valence-electron chi connectivity index (χ1n) is 7.24. The highest BCUT2D eigenvalue weighted by Crippen LogP contribution is 2.32. The molecule has 1 saturated heterocycles. The molecule has 3 rings (SSSR count). The molecule has 1 aliphatic heterocycles. The standard InChI is InChI=1S/C15H19N3O2/c19-14(17-13-2-1-7-16-10-13)11-5-8-18(9-6-11)15(20)12-3-4-12/h1-2,7,10-12H,3-6,8-9H2,(H,17,19). The number of hydrogen-bond acceptors (Lipinski definition) is 3. The van der Waals surface area contributed by atoms with Crippen LogP contribution in [0, 0.1) is 11.8 Å². The highest BCUT2D eigenvalue weighted by atomic mass is 16.2. The fraction of sp³-hybridized carbons (Fsp3) is 0.533. The number of amides is 2. The summed E-state index contributed by atoms with van der Waals surface area (Å²) < 4.78 is 0. The van der Waals surface area contributed by atoms with Gasteiger partial charge in [0, 0.05) is 31.1 Å². The normalized spacial score (nSPS) is 19.7. The Bertz CT molecular complexity index is 491. The minimum Gasteiger partial charge on any atom is -0.342 e. The predicted molar refractivity (Wildman–Crippen MR) is 74.9 cm³/mol. The van der Waals surface area contributed by atoms with Crippen LogP contribution >= 0.6 is 0 Å². The quantitative estimate of drug-likeness (QED) is 0.911. The summed E-state index contributed by atoms with van der Waals surface area (Å²) in [7, 11) is 0. The van der Waals surface area contributed by atoms with Crippen molar-refractivity contribution in [2.45, 2.75) is 25.7 Å². The molecule has 5 heteroatoms. The Balaban J connectivity index is 1.50. The van der Waals surface area contributed by atoms with Crippen LogP contribution in [-0.2, 0) is 9.59 Å². The predicted octanol–water partition coefficient (Wildman–Crippen LogP) is 1.67. The number of nitrogens with zero attached hydrogens (tertiary/aromatic N) is 2.